The average molecular weight is 358 g/mol. The largest absolute Gasteiger partial charge is 0.452 e. The first kappa shape index (κ1) is 19.0. The molecule has 0 aliphatic heterocycles. The second kappa shape index (κ2) is 8.16. The molecular weight excluding hydrogens is 336 g/mol. The van der Waals surface area contributed by atoms with Crippen molar-refractivity contribution in [2.75, 3.05) is 18.2 Å². The average Bonchev–Trinajstić information content (AvgIpc) is 2.59. The van der Waals surface area contributed by atoms with Crippen molar-refractivity contribution >= 4 is 29.3 Å². The van der Waals surface area contributed by atoms with Crippen molar-refractivity contribution in [3.63, 3.8) is 0 Å². The van der Waals surface area contributed by atoms with Crippen molar-refractivity contribution in [1.82, 2.24) is 4.98 Å². The number of rotatable bonds is 5. The zero-order valence-electron chi connectivity index (χ0n) is 14.8. The van der Waals surface area contributed by atoms with Crippen LogP contribution in [0.15, 0.2) is 47.6 Å². The van der Waals surface area contributed by atoms with E-state index in [0.29, 0.717) is 10.6 Å². The van der Waals surface area contributed by atoms with Gasteiger partial charge in [-0.1, -0.05) is 39.0 Å². The number of ether oxygens (including phenoxy) is 1. The molecular formula is C19H22N2O3S. The lowest BCUT2D eigenvalue weighted by Gasteiger charge is -2.22. The molecule has 25 heavy (non-hydrogen) atoms. The minimum absolute atomic E-state index is 0.108. The fourth-order valence-corrected chi connectivity index (χ4v) is 2.89. The third-order valence-corrected chi connectivity index (χ3v) is 4.24. The normalized spacial score (nSPS) is 11.0. The lowest BCUT2D eigenvalue weighted by atomic mass is 9.86. The Morgan fingerprint density at radius 1 is 1.16 bits per heavy atom. The third kappa shape index (κ3) is 5.06. The fraction of sp³-hybridized carbons (Fsp3) is 0.316. The molecule has 0 unspecified atom stereocenters. The van der Waals surface area contributed by atoms with Crippen LogP contribution in [0, 0.1) is 0 Å². The van der Waals surface area contributed by atoms with Gasteiger partial charge in [0.2, 0.25) is 0 Å². The van der Waals surface area contributed by atoms with Gasteiger partial charge in [0.1, 0.15) is 5.03 Å². The second-order valence-electron chi connectivity index (χ2n) is 6.48. The van der Waals surface area contributed by atoms with Gasteiger partial charge in [0.25, 0.3) is 5.91 Å². The number of aromatic nitrogens is 1. The van der Waals surface area contributed by atoms with Crippen LogP contribution in [0.2, 0.25) is 0 Å². The summed E-state index contributed by atoms with van der Waals surface area (Å²) >= 11 is 1.35. The van der Waals surface area contributed by atoms with Crippen molar-refractivity contribution in [2.24, 2.45) is 0 Å². The molecule has 1 amide bonds. The first-order valence-corrected chi connectivity index (χ1v) is 9.11. The van der Waals surface area contributed by atoms with E-state index >= 15 is 0 Å². The standard InChI is InChI=1S/C19H22N2O3S/c1-19(2,3)14-9-5-6-10-15(14)21-16(22)12-24-18(23)13-8-7-11-20-17(13)25-4/h5-11H,12H2,1-4H3,(H,21,22). The Kier molecular flexibility index (Phi) is 6.20. The molecule has 1 aromatic carbocycles. The van der Waals surface area contributed by atoms with Gasteiger partial charge in [0.05, 0.1) is 5.56 Å². The second-order valence-corrected chi connectivity index (χ2v) is 7.28. The number of nitrogens with one attached hydrogen (secondary N) is 1. The van der Waals surface area contributed by atoms with E-state index < -0.39 is 5.97 Å². The van der Waals surface area contributed by atoms with E-state index in [9.17, 15) is 9.59 Å². The van der Waals surface area contributed by atoms with Crippen molar-refractivity contribution < 1.29 is 14.3 Å². The molecule has 6 heteroatoms. The minimum atomic E-state index is -0.559. The summed E-state index contributed by atoms with van der Waals surface area (Å²) in [5.74, 6) is -0.934. The maximum atomic E-state index is 12.2. The Bertz CT molecular complexity index is 769. The zero-order valence-corrected chi connectivity index (χ0v) is 15.6. The van der Waals surface area contributed by atoms with Crippen molar-refractivity contribution in [1.29, 1.82) is 0 Å². The SMILES string of the molecule is CSc1ncccc1C(=O)OCC(=O)Nc1ccccc1C(C)(C)C. The highest BCUT2D eigenvalue weighted by Crippen LogP contribution is 2.29. The molecule has 1 aromatic heterocycles. The van der Waals surface area contributed by atoms with E-state index in [0.717, 1.165) is 11.3 Å². The predicted molar refractivity (Wildman–Crippen MR) is 100 cm³/mol. The van der Waals surface area contributed by atoms with Gasteiger partial charge in [-0.25, -0.2) is 9.78 Å². The van der Waals surface area contributed by atoms with Gasteiger partial charge < -0.3 is 10.1 Å². The van der Waals surface area contributed by atoms with Crippen LogP contribution in [0.25, 0.3) is 0 Å². The Hall–Kier alpha value is -2.34. The number of hydrogen-bond acceptors (Lipinski definition) is 5. The summed E-state index contributed by atoms with van der Waals surface area (Å²) < 4.78 is 5.13. The maximum Gasteiger partial charge on any atom is 0.341 e. The van der Waals surface area contributed by atoms with Crippen LogP contribution in [0.1, 0.15) is 36.7 Å². The predicted octanol–water partition coefficient (Wildman–Crippen LogP) is 3.90. The Labute approximate surface area is 152 Å². The van der Waals surface area contributed by atoms with Crippen LogP contribution >= 0.6 is 11.8 Å². The van der Waals surface area contributed by atoms with Gasteiger partial charge in [-0.3, -0.25) is 4.79 Å². The smallest absolute Gasteiger partial charge is 0.341 e. The molecule has 2 aromatic rings. The van der Waals surface area contributed by atoms with Gasteiger partial charge in [-0.2, -0.15) is 0 Å². The van der Waals surface area contributed by atoms with E-state index in [1.165, 1.54) is 11.8 Å². The van der Waals surface area contributed by atoms with Crippen molar-refractivity contribution in [2.45, 2.75) is 31.2 Å². The third-order valence-electron chi connectivity index (χ3n) is 3.53. The molecule has 1 heterocycles. The Morgan fingerprint density at radius 2 is 1.88 bits per heavy atom. The minimum Gasteiger partial charge on any atom is -0.452 e. The lowest BCUT2D eigenvalue weighted by Crippen LogP contribution is -2.23. The lowest BCUT2D eigenvalue weighted by molar-refractivity contribution is -0.119. The van der Waals surface area contributed by atoms with E-state index in [-0.39, 0.29) is 17.9 Å². The number of benzene rings is 1. The number of thioether (sulfide) groups is 1. The highest BCUT2D eigenvalue weighted by atomic mass is 32.2. The molecule has 0 saturated heterocycles. The van der Waals surface area contributed by atoms with Crippen LogP contribution in [-0.2, 0) is 14.9 Å². The molecule has 0 radical (unpaired) electrons. The van der Waals surface area contributed by atoms with Crippen molar-refractivity contribution in [3.05, 3.63) is 53.7 Å². The van der Waals surface area contributed by atoms with Crippen LogP contribution in [-0.4, -0.2) is 29.7 Å². The first-order valence-electron chi connectivity index (χ1n) is 7.88. The topological polar surface area (TPSA) is 68.3 Å². The van der Waals surface area contributed by atoms with Crippen molar-refractivity contribution in [3.8, 4) is 0 Å². The fourth-order valence-electron chi connectivity index (χ4n) is 2.35. The van der Waals surface area contributed by atoms with Crippen LogP contribution < -0.4 is 5.32 Å². The summed E-state index contributed by atoms with van der Waals surface area (Å²) in [6.07, 6.45) is 3.44. The quantitative estimate of drug-likeness (QED) is 0.648. The van der Waals surface area contributed by atoms with Crippen LogP contribution in [0.3, 0.4) is 0 Å². The van der Waals surface area contributed by atoms with Gasteiger partial charge in [-0.15, -0.1) is 11.8 Å². The van der Waals surface area contributed by atoms with Gasteiger partial charge in [-0.05, 0) is 35.4 Å². The summed E-state index contributed by atoms with van der Waals surface area (Å²) in [5.41, 5.74) is 2.00. The number of anilines is 1. The molecule has 0 aliphatic rings. The summed E-state index contributed by atoms with van der Waals surface area (Å²) in [4.78, 5) is 28.4. The maximum absolute atomic E-state index is 12.2. The van der Waals surface area contributed by atoms with Crippen LogP contribution in [0.4, 0.5) is 5.69 Å². The molecule has 0 fully saturated rings. The summed E-state index contributed by atoms with van der Waals surface area (Å²) in [7, 11) is 0. The number of carbonyl (C=O) groups excluding carboxylic acids is 2. The molecule has 1 N–H and O–H groups in total. The number of amides is 1. The Morgan fingerprint density at radius 3 is 2.56 bits per heavy atom. The highest BCUT2D eigenvalue weighted by molar-refractivity contribution is 7.98. The molecule has 0 aliphatic carbocycles. The van der Waals surface area contributed by atoms with E-state index in [2.05, 4.69) is 31.1 Å². The molecule has 5 nitrogen and oxygen atoms in total. The van der Waals surface area contributed by atoms with E-state index in [4.69, 9.17) is 4.74 Å². The summed E-state index contributed by atoms with van der Waals surface area (Å²) in [6, 6.07) is 10.9. The summed E-state index contributed by atoms with van der Waals surface area (Å²) in [5, 5.41) is 3.39. The molecule has 132 valence electrons. The number of para-hydroxylation sites is 1. The molecule has 0 saturated carbocycles. The number of carbonyl (C=O) groups is 2. The van der Waals surface area contributed by atoms with Gasteiger partial charge in [0, 0.05) is 11.9 Å². The monoisotopic (exact) mass is 358 g/mol. The van der Waals surface area contributed by atoms with Crippen LogP contribution in [0.5, 0.6) is 0 Å². The Balaban J connectivity index is 2.01. The zero-order chi connectivity index (χ0) is 18.4. The number of pyridine rings is 1. The van der Waals surface area contributed by atoms with E-state index in [1.54, 1.807) is 18.3 Å². The number of esters is 1. The molecule has 0 spiro atoms. The summed E-state index contributed by atoms with van der Waals surface area (Å²) in [6.45, 7) is 5.87. The number of hydrogen-bond donors (Lipinski definition) is 1. The molecule has 0 atom stereocenters. The first-order chi connectivity index (χ1) is 11.8. The van der Waals surface area contributed by atoms with Gasteiger partial charge >= 0.3 is 5.97 Å². The number of nitrogens with zero attached hydrogens (tertiary/aromatic N) is 1. The highest BCUT2D eigenvalue weighted by Gasteiger charge is 2.19. The molecule has 2 rings (SSSR count). The van der Waals surface area contributed by atoms with E-state index in [1.807, 2.05) is 30.5 Å². The molecule has 0 bridgehead atoms. The van der Waals surface area contributed by atoms with Gasteiger partial charge in [0.15, 0.2) is 6.61 Å².